The average Bonchev–Trinajstić information content (AvgIpc) is 2.10. The van der Waals surface area contributed by atoms with Crippen molar-refractivity contribution in [2.45, 2.75) is 20.3 Å². The van der Waals surface area contributed by atoms with Gasteiger partial charge in [0.15, 0.2) is 0 Å². The highest BCUT2D eigenvalue weighted by atomic mass is 32.2. The number of nitrogen functional groups attached to an aromatic ring is 1. The average molecular weight is 229 g/mol. The van der Waals surface area contributed by atoms with Crippen molar-refractivity contribution in [3.63, 3.8) is 0 Å². The molecule has 6 heteroatoms. The van der Waals surface area contributed by atoms with Crippen molar-refractivity contribution in [1.82, 2.24) is 4.98 Å². The highest BCUT2D eigenvalue weighted by Gasteiger charge is 2.09. The molecule has 0 radical (unpaired) electrons. The molecule has 0 bridgehead atoms. The molecule has 1 aromatic rings. The lowest BCUT2D eigenvalue weighted by Gasteiger charge is -2.07. The van der Waals surface area contributed by atoms with E-state index < -0.39 is 10.0 Å². The third-order valence-corrected chi connectivity index (χ3v) is 3.35. The number of anilines is 2. The molecule has 0 aliphatic carbocycles. The van der Waals surface area contributed by atoms with Crippen molar-refractivity contribution in [2.24, 2.45) is 0 Å². The Hall–Kier alpha value is -1.30. The highest BCUT2D eigenvalue weighted by molar-refractivity contribution is 7.92. The molecule has 0 unspecified atom stereocenters. The number of nitrogens with zero attached hydrogens (tertiary/aromatic N) is 1. The van der Waals surface area contributed by atoms with E-state index >= 15 is 0 Å². The predicted octanol–water partition coefficient (Wildman–Crippen LogP) is 1.12. The lowest BCUT2D eigenvalue weighted by atomic mass is 10.2. The van der Waals surface area contributed by atoms with E-state index in [2.05, 4.69) is 9.71 Å². The van der Waals surface area contributed by atoms with Gasteiger partial charge in [0.05, 0.1) is 17.6 Å². The van der Waals surface area contributed by atoms with Crippen molar-refractivity contribution in [3.05, 3.63) is 17.8 Å². The van der Waals surface area contributed by atoms with Gasteiger partial charge in [0.25, 0.3) is 0 Å². The Kier molecular flexibility index (Phi) is 3.52. The van der Waals surface area contributed by atoms with E-state index in [9.17, 15) is 8.42 Å². The predicted molar refractivity (Wildman–Crippen MR) is 61.1 cm³/mol. The molecule has 0 fully saturated rings. The summed E-state index contributed by atoms with van der Waals surface area (Å²) in [4.78, 5) is 3.89. The van der Waals surface area contributed by atoms with E-state index in [4.69, 9.17) is 5.73 Å². The number of hydrogen-bond donors (Lipinski definition) is 2. The van der Waals surface area contributed by atoms with Gasteiger partial charge in [-0.15, -0.1) is 0 Å². The van der Waals surface area contributed by atoms with E-state index in [0.29, 0.717) is 17.9 Å². The number of rotatable bonds is 4. The standard InChI is InChI=1S/C9H15N3O2S/c1-3-4-15(13,14)12-9-5-7(2)8(10)6-11-9/h5-6H,3-4,10H2,1-2H3,(H,11,12). The fourth-order valence-electron chi connectivity index (χ4n) is 1.10. The van der Waals surface area contributed by atoms with Crippen LogP contribution >= 0.6 is 0 Å². The SMILES string of the molecule is CCCS(=O)(=O)Nc1cc(C)c(N)cn1. The Morgan fingerprint density at radius 1 is 1.53 bits per heavy atom. The van der Waals surface area contributed by atoms with Gasteiger partial charge in [0.1, 0.15) is 5.82 Å². The van der Waals surface area contributed by atoms with E-state index in [0.717, 1.165) is 5.56 Å². The van der Waals surface area contributed by atoms with Crippen molar-refractivity contribution in [1.29, 1.82) is 0 Å². The topological polar surface area (TPSA) is 85.1 Å². The summed E-state index contributed by atoms with van der Waals surface area (Å²) >= 11 is 0. The zero-order valence-electron chi connectivity index (χ0n) is 8.82. The van der Waals surface area contributed by atoms with Crippen LogP contribution in [-0.2, 0) is 10.0 Å². The van der Waals surface area contributed by atoms with Crippen molar-refractivity contribution >= 4 is 21.5 Å². The Bertz CT molecular complexity index is 443. The normalized spacial score (nSPS) is 11.3. The molecule has 1 rings (SSSR count). The number of hydrogen-bond acceptors (Lipinski definition) is 4. The molecule has 3 N–H and O–H groups in total. The van der Waals surface area contributed by atoms with Gasteiger partial charge in [0.2, 0.25) is 10.0 Å². The van der Waals surface area contributed by atoms with Crippen LogP contribution in [0.3, 0.4) is 0 Å². The number of aryl methyl sites for hydroxylation is 1. The largest absolute Gasteiger partial charge is 0.397 e. The van der Waals surface area contributed by atoms with Crippen LogP contribution in [0.25, 0.3) is 0 Å². The van der Waals surface area contributed by atoms with E-state index in [1.54, 1.807) is 19.9 Å². The molecule has 0 saturated heterocycles. The first-order valence-electron chi connectivity index (χ1n) is 4.67. The molecule has 1 aromatic heterocycles. The second-order valence-electron chi connectivity index (χ2n) is 3.35. The molecule has 5 nitrogen and oxygen atoms in total. The molecule has 0 amide bonds. The highest BCUT2D eigenvalue weighted by Crippen LogP contribution is 2.14. The first kappa shape index (κ1) is 11.8. The van der Waals surface area contributed by atoms with Gasteiger partial charge in [-0.3, -0.25) is 4.72 Å². The fourth-order valence-corrected chi connectivity index (χ4v) is 2.17. The second-order valence-corrected chi connectivity index (χ2v) is 5.19. The summed E-state index contributed by atoms with van der Waals surface area (Å²) in [7, 11) is -3.27. The van der Waals surface area contributed by atoms with E-state index in [-0.39, 0.29) is 5.75 Å². The Labute approximate surface area is 89.8 Å². The second kappa shape index (κ2) is 4.48. The summed E-state index contributed by atoms with van der Waals surface area (Å²) in [5.74, 6) is 0.410. The van der Waals surface area contributed by atoms with Crippen molar-refractivity contribution < 1.29 is 8.42 Å². The van der Waals surface area contributed by atoms with Gasteiger partial charge in [-0.25, -0.2) is 13.4 Å². The Balaban J connectivity index is 2.86. The summed E-state index contributed by atoms with van der Waals surface area (Å²) in [5, 5.41) is 0. The van der Waals surface area contributed by atoms with Crippen LogP contribution < -0.4 is 10.5 Å². The maximum Gasteiger partial charge on any atom is 0.233 e. The summed E-state index contributed by atoms with van der Waals surface area (Å²) in [6, 6.07) is 1.61. The molecule has 1 heterocycles. The van der Waals surface area contributed by atoms with Gasteiger partial charge in [0, 0.05) is 0 Å². The number of nitrogens with two attached hydrogens (primary N) is 1. The van der Waals surface area contributed by atoms with E-state index in [1.165, 1.54) is 6.20 Å². The molecule has 0 aliphatic rings. The minimum atomic E-state index is -3.27. The van der Waals surface area contributed by atoms with Crippen LogP contribution in [-0.4, -0.2) is 19.2 Å². The van der Waals surface area contributed by atoms with Crippen molar-refractivity contribution in [2.75, 3.05) is 16.2 Å². The van der Waals surface area contributed by atoms with Crippen molar-refractivity contribution in [3.8, 4) is 0 Å². The molecule has 0 atom stereocenters. The van der Waals surface area contributed by atoms with E-state index in [1.807, 2.05) is 0 Å². The zero-order valence-corrected chi connectivity index (χ0v) is 9.63. The van der Waals surface area contributed by atoms with Crippen LogP contribution in [0.5, 0.6) is 0 Å². The summed E-state index contributed by atoms with van der Waals surface area (Å²) in [6.07, 6.45) is 2.02. The third-order valence-electron chi connectivity index (χ3n) is 1.88. The number of aromatic nitrogens is 1. The van der Waals surface area contributed by atoms with Gasteiger partial charge >= 0.3 is 0 Å². The molecule has 0 aliphatic heterocycles. The fraction of sp³-hybridized carbons (Fsp3) is 0.444. The number of sulfonamides is 1. The summed E-state index contributed by atoms with van der Waals surface area (Å²) in [5.41, 5.74) is 6.93. The molecule has 0 aromatic carbocycles. The van der Waals surface area contributed by atoms with Gasteiger partial charge in [-0.2, -0.15) is 0 Å². The smallest absolute Gasteiger partial charge is 0.233 e. The molecular formula is C9H15N3O2S. The maximum atomic E-state index is 11.4. The Morgan fingerprint density at radius 3 is 2.73 bits per heavy atom. The minimum Gasteiger partial charge on any atom is -0.397 e. The van der Waals surface area contributed by atoms with Crippen LogP contribution in [0.2, 0.25) is 0 Å². The minimum absolute atomic E-state index is 0.0953. The number of pyridine rings is 1. The molecular weight excluding hydrogens is 214 g/mol. The van der Waals surface area contributed by atoms with Gasteiger partial charge < -0.3 is 5.73 Å². The van der Waals surface area contributed by atoms with Crippen LogP contribution in [0.15, 0.2) is 12.3 Å². The molecule has 84 valence electrons. The lowest BCUT2D eigenvalue weighted by molar-refractivity contribution is 0.599. The number of nitrogens with one attached hydrogen (secondary N) is 1. The monoisotopic (exact) mass is 229 g/mol. The van der Waals surface area contributed by atoms with Gasteiger partial charge in [-0.1, -0.05) is 6.92 Å². The first-order chi connectivity index (χ1) is 6.94. The molecule has 15 heavy (non-hydrogen) atoms. The summed E-state index contributed by atoms with van der Waals surface area (Å²) in [6.45, 7) is 3.61. The Morgan fingerprint density at radius 2 is 2.20 bits per heavy atom. The van der Waals surface area contributed by atoms with Crippen LogP contribution in [0.1, 0.15) is 18.9 Å². The molecule has 0 saturated carbocycles. The summed E-state index contributed by atoms with van der Waals surface area (Å²) < 4.78 is 25.2. The quantitative estimate of drug-likeness (QED) is 0.810. The van der Waals surface area contributed by atoms with Crippen LogP contribution in [0, 0.1) is 6.92 Å². The van der Waals surface area contributed by atoms with Crippen LogP contribution in [0.4, 0.5) is 11.5 Å². The van der Waals surface area contributed by atoms with Gasteiger partial charge in [-0.05, 0) is 25.0 Å². The lowest BCUT2D eigenvalue weighted by Crippen LogP contribution is -2.17. The first-order valence-corrected chi connectivity index (χ1v) is 6.32. The maximum absolute atomic E-state index is 11.4. The molecule has 0 spiro atoms. The zero-order chi connectivity index (χ0) is 11.5. The third kappa shape index (κ3) is 3.39.